The highest BCUT2D eigenvalue weighted by atomic mass is 16.6. The van der Waals surface area contributed by atoms with E-state index in [1.54, 1.807) is 0 Å². The lowest BCUT2D eigenvalue weighted by Crippen LogP contribution is -2.49. The molecule has 5 nitrogen and oxygen atoms in total. The second kappa shape index (κ2) is 13.1. The Balaban J connectivity index is 5.10. The fraction of sp³-hybridized carbons (Fsp3) is 1.00. The molecule has 5 heteroatoms. The van der Waals surface area contributed by atoms with Crippen molar-refractivity contribution in [2.45, 2.75) is 118 Å². The molecule has 0 rings (SSSR count). The lowest BCUT2D eigenvalue weighted by atomic mass is 10.0. The van der Waals surface area contributed by atoms with Crippen molar-refractivity contribution >= 4 is 0 Å². The van der Waals surface area contributed by atoms with Crippen LogP contribution in [-0.2, 0) is 23.7 Å². The van der Waals surface area contributed by atoms with Crippen LogP contribution in [0, 0.1) is 0 Å². The molecule has 0 saturated carbocycles. The van der Waals surface area contributed by atoms with Gasteiger partial charge < -0.3 is 23.7 Å². The first-order valence-electron chi connectivity index (χ1n) is 10.7. The molecular weight excluding hydrogens is 344 g/mol. The first kappa shape index (κ1) is 26.8. The van der Waals surface area contributed by atoms with Crippen LogP contribution >= 0.6 is 0 Å². The summed E-state index contributed by atoms with van der Waals surface area (Å²) in [4.78, 5) is 0. The molecule has 164 valence electrons. The highest BCUT2D eigenvalue weighted by Crippen LogP contribution is 2.24. The van der Waals surface area contributed by atoms with E-state index in [0.29, 0.717) is 26.4 Å². The standard InChI is InChI=1S/C22H46O5/c1-11-21(26-19(7)8,15-24-17(3)4)13-23-14-22(12-2,27-20(9)10)16-25-18(5)6/h17-20H,11-16H2,1-10H3. The first-order chi connectivity index (χ1) is 12.5. The van der Waals surface area contributed by atoms with Gasteiger partial charge in [-0.05, 0) is 68.2 Å². The van der Waals surface area contributed by atoms with Crippen molar-refractivity contribution in [2.75, 3.05) is 26.4 Å². The predicted molar refractivity (Wildman–Crippen MR) is 111 cm³/mol. The highest BCUT2D eigenvalue weighted by molar-refractivity contribution is 4.84. The molecule has 27 heavy (non-hydrogen) atoms. The summed E-state index contributed by atoms with van der Waals surface area (Å²) in [5.41, 5.74) is -0.899. The topological polar surface area (TPSA) is 46.2 Å². The molecule has 0 aromatic heterocycles. The van der Waals surface area contributed by atoms with Gasteiger partial charge in [0.15, 0.2) is 0 Å². The lowest BCUT2D eigenvalue weighted by molar-refractivity contribution is -0.197. The van der Waals surface area contributed by atoms with Crippen LogP contribution in [0.25, 0.3) is 0 Å². The maximum Gasteiger partial charge on any atom is 0.115 e. The van der Waals surface area contributed by atoms with Gasteiger partial charge in [0.1, 0.15) is 11.2 Å². The van der Waals surface area contributed by atoms with E-state index >= 15 is 0 Å². The normalized spacial score (nSPS) is 17.1. The monoisotopic (exact) mass is 390 g/mol. The fourth-order valence-electron chi connectivity index (χ4n) is 2.85. The number of ether oxygens (including phenoxy) is 5. The van der Waals surface area contributed by atoms with Crippen LogP contribution in [0.15, 0.2) is 0 Å². The van der Waals surface area contributed by atoms with Crippen molar-refractivity contribution in [3.63, 3.8) is 0 Å². The summed E-state index contributed by atoms with van der Waals surface area (Å²) in [6, 6.07) is 0. The Morgan fingerprint density at radius 2 is 0.852 bits per heavy atom. The predicted octanol–water partition coefficient (Wildman–Crippen LogP) is 5.00. The summed E-state index contributed by atoms with van der Waals surface area (Å²) >= 11 is 0. The summed E-state index contributed by atoms with van der Waals surface area (Å²) in [6.45, 7) is 22.6. The van der Waals surface area contributed by atoms with Crippen molar-refractivity contribution in [2.24, 2.45) is 0 Å². The van der Waals surface area contributed by atoms with Crippen LogP contribution in [0.4, 0.5) is 0 Å². The molecule has 0 aliphatic carbocycles. The van der Waals surface area contributed by atoms with E-state index < -0.39 is 11.2 Å². The summed E-state index contributed by atoms with van der Waals surface area (Å²) in [6.07, 6.45) is 2.18. The Bertz CT molecular complexity index is 336. The maximum absolute atomic E-state index is 6.24. The van der Waals surface area contributed by atoms with Crippen LogP contribution < -0.4 is 0 Å². The third-order valence-electron chi connectivity index (χ3n) is 4.35. The van der Waals surface area contributed by atoms with Crippen molar-refractivity contribution in [3.8, 4) is 0 Å². The third-order valence-corrected chi connectivity index (χ3v) is 4.35. The van der Waals surface area contributed by atoms with Crippen molar-refractivity contribution in [3.05, 3.63) is 0 Å². The quantitative estimate of drug-likeness (QED) is 0.371. The van der Waals surface area contributed by atoms with Crippen LogP contribution in [0.1, 0.15) is 82.1 Å². The Hall–Kier alpha value is -0.200. The maximum atomic E-state index is 6.24. The minimum absolute atomic E-state index is 0.108. The number of hydrogen-bond donors (Lipinski definition) is 0. The van der Waals surface area contributed by atoms with Gasteiger partial charge in [-0.3, -0.25) is 0 Å². The molecule has 2 unspecified atom stereocenters. The lowest BCUT2D eigenvalue weighted by Gasteiger charge is -2.38. The molecule has 0 bridgehead atoms. The van der Waals surface area contributed by atoms with Gasteiger partial charge in [-0.25, -0.2) is 0 Å². The molecule has 0 spiro atoms. The Labute approximate surface area is 168 Å². The largest absolute Gasteiger partial charge is 0.376 e. The highest BCUT2D eigenvalue weighted by Gasteiger charge is 2.36. The van der Waals surface area contributed by atoms with E-state index in [4.69, 9.17) is 23.7 Å². The van der Waals surface area contributed by atoms with Gasteiger partial charge in [-0.15, -0.1) is 0 Å². The SMILES string of the molecule is CCC(COCC(CC)(COC(C)C)OC(C)C)(COC(C)C)OC(C)C. The fourth-order valence-corrected chi connectivity index (χ4v) is 2.85. The molecule has 0 N–H and O–H groups in total. The zero-order valence-corrected chi connectivity index (χ0v) is 19.6. The van der Waals surface area contributed by atoms with Crippen LogP contribution in [0.5, 0.6) is 0 Å². The molecule has 0 saturated heterocycles. The third kappa shape index (κ3) is 11.4. The van der Waals surface area contributed by atoms with Gasteiger partial charge >= 0.3 is 0 Å². The van der Waals surface area contributed by atoms with Gasteiger partial charge in [0.2, 0.25) is 0 Å². The first-order valence-corrected chi connectivity index (χ1v) is 10.7. The van der Waals surface area contributed by atoms with Crippen LogP contribution in [-0.4, -0.2) is 62.0 Å². The molecule has 0 amide bonds. The molecule has 0 aliphatic heterocycles. The molecule has 0 aromatic carbocycles. The molecule has 0 radical (unpaired) electrons. The van der Waals surface area contributed by atoms with Gasteiger partial charge in [-0.2, -0.15) is 0 Å². The van der Waals surface area contributed by atoms with E-state index in [-0.39, 0.29) is 24.4 Å². The average Bonchev–Trinajstić information content (AvgIpc) is 2.56. The van der Waals surface area contributed by atoms with Gasteiger partial charge in [-0.1, -0.05) is 13.8 Å². The van der Waals surface area contributed by atoms with Gasteiger partial charge in [0.25, 0.3) is 0 Å². The Morgan fingerprint density at radius 1 is 0.519 bits per heavy atom. The molecule has 0 fully saturated rings. The Morgan fingerprint density at radius 3 is 1.07 bits per heavy atom. The number of hydrogen-bond acceptors (Lipinski definition) is 5. The molecule has 0 aromatic rings. The Kier molecular flexibility index (Phi) is 13.0. The van der Waals surface area contributed by atoms with E-state index in [1.807, 2.05) is 27.7 Å². The van der Waals surface area contributed by atoms with Crippen molar-refractivity contribution in [1.82, 2.24) is 0 Å². The summed E-state index contributed by atoms with van der Waals surface area (Å²) in [5, 5.41) is 0. The number of rotatable bonds is 16. The van der Waals surface area contributed by atoms with Crippen molar-refractivity contribution < 1.29 is 23.7 Å². The molecular formula is C22H46O5. The van der Waals surface area contributed by atoms with E-state index in [1.165, 1.54) is 0 Å². The molecule has 0 aliphatic rings. The summed E-state index contributed by atoms with van der Waals surface area (Å²) < 4.78 is 30.5. The smallest absolute Gasteiger partial charge is 0.115 e. The zero-order valence-electron chi connectivity index (χ0n) is 19.6. The minimum atomic E-state index is -0.450. The van der Waals surface area contributed by atoms with E-state index in [0.717, 1.165) is 12.8 Å². The second-order valence-electron chi connectivity index (χ2n) is 8.62. The van der Waals surface area contributed by atoms with Crippen LogP contribution in [0.3, 0.4) is 0 Å². The van der Waals surface area contributed by atoms with E-state index in [9.17, 15) is 0 Å². The second-order valence-corrected chi connectivity index (χ2v) is 8.62. The zero-order chi connectivity index (χ0) is 21.1. The van der Waals surface area contributed by atoms with Crippen molar-refractivity contribution in [1.29, 1.82) is 0 Å². The minimum Gasteiger partial charge on any atom is -0.376 e. The van der Waals surface area contributed by atoms with E-state index in [2.05, 4.69) is 41.5 Å². The van der Waals surface area contributed by atoms with Crippen LogP contribution in [0.2, 0.25) is 0 Å². The average molecular weight is 391 g/mol. The summed E-state index contributed by atoms with van der Waals surface area (Å²) in [7, 11) is 0. The molecule has 2 atom stereocenters. The van der Waals surface area contributed by atoms with Gasteiger partial charge in [0.05, 0.1) is 50.8 Å². The van der Waals surface area contributed by atoms with Gasteiger partial charge in [0, 0.05) is 0 Å². The summed E-state index contributed by atoms with van der Waals surface area (Å²) in [5.74, 6) is 0. The molecule has 0 heterocycles.